The van der Waals surface area contributed by atoms with Gasteiger partial charge in [-0.15, -0.1) is 5.10 Å². The summed E-state index contributed by atoms with van der Waals surface area (Å²) in [5.41, 5.74) is 1.65. The van der Waals surface area contributed by atoms with Crippen LogP contribution in [-0.4, -0.2) is 114 Å². The lowest BCUT2D eigenvalue weighted by Gasteiger charge is -2.27. The number of benzene rings is 1. The molecule has 220 valence electrons. The lowest BCUT2D eigenvalue weighted by atomic mass is 10.1. The van der Waals surface area contributed by atoms with Crippen LogP contribution in [0.25, 0.3) is 5.65 Å². The van der Waals surface area contributed by atoms with E-state index < -0.39 is 0 Å². The van der Waals surface area contributed by atoms with Gasteiger partial charge >= 0.3 is 0 Å². The molecule has 2 aromatic heterocycles. The van der Waals surface area contributed by atoms with Gasteiger partial charge in [0.2, 0.25) is 5.95 Å². The maximum absolute atomic E-state index is 9.99. The first kappa shape index (κ1) is 27.9. The molecule has 14 nitrogen and oxygen atoms in total. The van der Waals surface area contributed by atoms with Gasteiger partial charge in [-0.3, -0.25) is 9.80 Å². The van der Waals surface area contributed by atoms with E-state index >= 15 is 0 Å². The van der Waals surface area contributed by atoms with E-state index in [9.17, 15) is 10.5 Å². The van der Waals surface area contributed by atoms with Gasteiger partial charge in [0.1, 0.15) is 36.9 Å². The fraction of sp³-hybridized carbons (Fsp3) is 0.536. The number of morpholine rings is 2. The smallest absolute Gasteiger partial charge is 0.247 e. The van der Waals surface area contributed by atoms with E-state index in [-0.39, 0.29) is 11.6 Å². The molecule has 0 amide bonds. The fourth-order valence-electron chi connectivity index (χ4n) is 4.85. The average molecular weight is 575 g/mol. The van der Waals surface area contributed by atoms with Crippen molar-refractivity contribution in [3.05, 3.63) is 29.6 Å². The van der Waals surface area contributed by atoms with E-state index in [0.29, 0.717) is 79.9 Å². The second-order valence-electron chi connectivity index (χ2n) is 10.4. The van der Waals surface area contributed by atoms with Gasteiger partial charge in [-0.05, 0) is 18.9 Å². The molecular formula is C28H34N10O4. The monoisotopic (exact) mass is 574 g/mol. The molecule has 0 unspecified atom stereocenters. The number of aromatic nitrogens is 4. The molecule has 0 spiro atoms. The van der Waals surface area contributed by atoms with Crippen LogP contribution in [0.2, 0.25) is 0 Å². The third-order valence-corrected chi connectivity index (χ3v) is 7.38. The lowest BCUT2D eigenvalue weighted by molar-refractivity contribution is 0.0319. The summed E-state index contributed by atoms with van der Waals surface area (Å²) in [6, 6.07) is 8.13. The van der Waals surface area contributed by atoms with Crippen molar-refractivity contribution in [3.8, 4) is 23.6 Å². The quantitative estimate of drug-likeness (QED) is 0.322. The number of fused-ring (bicyclic) bond motifs is 1. The molecule has 0 radical (unpaired) electrons. The first-order valence-corrected chi connectivity index (χ1v) is 14.3. The average Bonchev–Trinajstić information content (AvgIpc) is 3.74. The van der Waals surface area contributed by atoms with Crippen molar-refractivity contribution < 1.29 is 18.9 Å². The summed E-state index contributed by atoms with van der Waals surface area (Å²) in [5.74, 6) is 1.74. The summed E-state index contributed by atoms with van der Waals surface area (Å²) in [6.07, 6.45) is 3.57. The van der Waals surface area contributed by atoms with E-state index in [0.717, 1.165) is 52.1 Å². The van der Waals surface area contributed by atoms with Crippen molar-refractivity contribution in [2.75, 3.05) is 89.5 Å². The molecule has 0 bridgehead atoms. The number of hydrogen-bond donors (Lipinski definition) is 2. The zero-order valence-corrected chi connectivity index (χ0v) is 23.4. The van der Waals surface area contributed by atoms with Gasteiger partial charge in [0.15, 0.2) is 17.2 Å². The van der Waals surface area contributed by atoms with Crippen LogP contribution in [0.5, 0.6) is 11.5 Å². The zero-order chi connectivity index (χ0) is 28.7. The Morgan fingerprint density at radius 3 is 2.19 bits per heavy atom. The number of imidazole rings is 1. The van der Waals surface area contributed by atoms with E-state index in [1.807, 2.05) is 0 Å². The van der Waals surface area contributed by atoms with Gasteiger partial charge in [-0.2, -0.15) is 20.0 Å². The van der Waals surface area contributed by atoms with Crippen LogP contribution >= 0.6 is 0 Å². The summed E-state index contributed by atoms with van der Waals surface area (Å²) in [7, 11) is 0. The Labute approximate surface area is 243 Å². The Morgan fingerprint density at radius 1 is 0.905 bits per heavy atom. The number of hydrogen-bond acceptors (Lipinski definition) is 13. The summed E-state index contributed by atoms with van der Waals surface area (Å²) in [6.45, 7) is 8.61. The van der Waals surface area contributed by atoms with Crippen LogP contribution < -0.4 is 20.1 Å². The van der Waals surface area contributed by atoms with Crippen LogP contribution in [0.1, 0.15) is 24.1 Å². The molecule has 6 rings (SSSR count). The molecule has 42 heavy (non-hydrogen) atoms. The SMILES string of the molecule is N#Cc1cc(Nc2nc(NC3CC3)c3ncc(C#N)n3n2)c(OCCN2CCOCC2)cc1OCCN1CCOCC1. The largest absolute Gasteiger partial charge is 0.491 e. The van der Waals surface area contributed by atoms with Crippen molar-refractivity contribution in [1.29, 1.82) is 10.5 Å². The van der Waals surface area contributed by atoms with Crippen molar-refractivity contribution in [1.82, 2.24) is 29.4 Å². The highest BCUT2D eigenvalue weighted by Crippen LogP contribution is 2.35. The second kappa shape index (κ2) is 13.2. The molecule has 0 atom stereocenters. The standard InChI is InChI=1S/C28H34N10O4/c29-17-20-15-23(33-28-34-26(32-21-1-2-21)27-31-19-22(18-30)38(27)35-28)25(42-14-8-37-5-11-40-12-6-37)16-24(20)41-13-7-36-3-9-39-10-4-36/h15-16,19,21H,1-14H2,(H2,32,33,34,35). The fourth-order valence-corrected chi connectivity index (χ4v) is 4.85. The number of nitriles is 2. The van der Waals surface area contributed by atoms with Crippen molar-refractivity contribution in [3.63, 3.8) is 0 Å². The number of nitrogens with one attached hydrogen (secondary N) is 2. The van der Waals surface area contributed by atoms with Gasteiger partial charge in [-0.25, -0.2) is 4.98 Å². The van der Waals surface area contributed by atoms with Crippen LogP contribution in [0.3, 0.4) is 0 Å². The predicted octanol–water partition coefficient (Wildman–Crippen LogP) is 1.61. The van der Waals surface area contributed by atoms with Gasteiger partial charge in [0.25, 0.3) is 0 Å². The summed E-state index contributed by atoms with van der Waals surface area (Å²) in [4.78, 5) is 13.6. The highest BCUT2D eigenvalue weighted by Gasteiger charge is 2.25. The van der Waals surface area contributed by atoms with Gasteiger partial charge in [0.05, 0.1) is 43.9 Å². The molecule has 2 aliphatic heterocycles. The van der Waals surface area contributed by atoms with Gasteiger partial charge in [0, 0.05) is 51.4 Å². The summed E-state index contributed by atoms with van der Waals surface area (Å²) in [5, 5.41) is 30.7. The van der Waals surface area contributed by atoms with E-state index in [1.165, 1.54) is 10.7 Å². The molecule has 2 saturated heterocycles. The normalized spacial score (nSPS) is 17.9. The Morgan fingerprint density at radius 2 is 1.57 bits per heavy atom. The van der Waals surface area contributed by atoms with Crippen molar-refractivity contribution in [2.24, 2.45) is 0 Å². The van der Waals surface area contributed by atoms with Gasteiger partial charge < -0.3 is 29.6 Å². The number of anilines is 3. The highest BCUT2D eigenvalue weighted by atomic mass is 16.5. The van der Waals surface area contributed by atoms with Crippen LogP contribution in [-0.2, 0) is 9.47 Å². The molecule has 3 aromatic rings. The van der Waals surface area contributed by atoms with Gasteiger partial charge in [-0.1, -0.05) is 0 Å². The van der Waals surface area contributed by atoms with Crippen molar-refractivity contribution >= 4 is 23.1 Å². The minimum absolute atomic E-state index is 0.239. The third kappa shape index (κ3) is 6.80. The van der Waals surface area contributed by atoms with Crippen LogP contribution in [0.4, 0.5) is 17.5 Å². The van der Waals surface area contributed by atoms with Crippen LogP contribution in [0, 0.1) is 22.7 Å². The minimum atomic E-state index is 0.239. The first-order chi connectivity index (χ1) is 20.7. The predicted molar refractivity (Wildman–Crippen MR) is 152 cm³/mol. The Kier molecular flexibility index (Phi) is 8.77. The number of rotatable bonds is 12. The topological polar surface area (TPSA) is 158 Å². The summed E-state index contributed by atoms with van der Waals surface area (Å²) >= 11 is 0. The number of nitrogens with zero attached hydrogens (tertiary/aromatic N) is 8. The Balaban J connectivity index is 1.25. The van der Waals surface area contributed by atoms with E-state index in [4.69, 9.17) is 18.9 Å². The zero-order valence-electron chi connectivity index (χ0n) is 23.4. The maximum Gasteiger partial charge on any atom is 0.247 e. The molecule has 1 saturated carbocycles. The maximum atomic E-state index is 9.99. The van der Waals surface area contributed by atoms with Crippen molar-refractivity contribution in [2.45, 2.75) is 18.9 Å². The molecule has 3 aliphatic rings. The third-order valence-electron chi connectivity index (χ3n) is 7.38. The molecule has 1 aromatic carbocycles. The lowest BCUT2D eigenvalue weighted by Crippen LogP contribution is -2.38. The Bertz CT molecular complexity index is 1470. The molecule has 14 heteroatoms. The first-order valence-electron chi connectivity index (χ1n) is 14.3. The van der Waals surface area contributed by atoms with E-state index in [2.05, 4.69) is 47.6 Å². The molecular weight excluding hydrogens is 540 g/mol. The van der Waals surface area contributed by atoms with Crippen LogP contribution in [0.15, 0.2) is 18.3 Å². The van der Waals surface area contributed by atoms with E-state index in [1.54, 1.807) is 12.1 Å². The molecule has 1 aliphatic carbocycles. The minimum Gasteiger partial charge on any atom is -0.491 e. The molecule has 2 N–H and O–H groups in total. The highest BCUT2D eigenvalue weighted by molar-refractivity contribution is 5.71. The Hall–Kier alpha value is -4.21. The number of ether oxygens (including phenoxy) is 4. The second-order valence-corrected chi connectivity index (χ2v) is 10.4. The molecule has 4 heterocycles. The summed E-state index contributed by atoms with van der Waals surface area (Å²) < 4.78 is 24.7. The molecule has 3 fully saturated rings.